The SMILES string of the molecule is N#CN1CC(c2cccnc2)NC1=O. The van der Waals surface area contributed by atoms with Crippen LogP contribution in [0.25, 0.3) is 0 Å². The summed E-state index contributed by atoms with van der Waals surface area (Å²) < 4.78 is 0. The van der Waals surface area contributed by atoms with E-state index >= 15 is 0 Å². The Morgan fingerprint density at radius 2 is 2.57 bits per heavy atom. The van der Waals surface area contributed by atoms with E-state index in [1.165, 1.54) is 0 Å². The highest BCUT2D eigenvalue weighted by atomic mass is 16.2. The van der Waals surface area contributed by atoms with Gasteiger partial charge < -0.3 is 5.32 Å². The lowest BCUT2D eigenvalue weighted by atomic mass is 10.1. The number of nitriles is 1. The molecule has 1 aromatic rings. The highest BCUT2D eigenvalue weighted by molar-refractivity contribution is 5.78. The smallest absolute Gasteiger partial charge is 0.328 e. The zero-order valence-electron chi connectivity index (χ0n) is 7.34. The van der Waals surface area contributed by atoms with Crippen LogP contribution in [0.2, 0.25) is 0 Å². The Morgan fingerprint density at radius 3 is 3.14 bits per heavy atom. The fourth-order valence-corrected chi connectivity index (χ4v) is 1.40. The molecule has 1 aromatic heterocycles. The minimum Gasteiger partial charge on any atom is -0.328 e. The van der Waals surface area contributed by atoms with Crippen LogP contribution in [0.5, 0.6) is 0 Å². The van der Waals surface area contributed by atoms with Gasteiger partial charge in [-0.3, -0.25) is 4.98 Å². The zero-order valence-corrected chi connectivity index (χ0v) is 7.34. The Balaban J connectivity index is 2.18. The molecule has 14 heavy (non-hydrogen) atoms. The molecule has 1 N–H and O–H groups in total. The monoisotopic (exact) mass is 188 g/mol. The van der Waals surface area contributed by atoms with E-state index in [2.05, 4.69) is 10.3 Å². The van der Waals surface area contributed by atoms with E-state index in [0.717, 1.165) is 10.5 Å². The van der Waals surface area contributed by atoms with E-state index in [1.54, 1.807) is 18.5 Å². The molecule has 1 aliphatic rings. The third kappa shape index (κ3) is 1.38. The molecule has 1 saturated heterocycles. The van der Waals surface area contributed by atoms with Crippen molar-refractivity contribution in [2.75, 3.05) is 6.54 Å². The zero-order chi connectivity index (χ0) is 9.97. The summed E-state index contributed by atoms with van der Waals surface area (Å²) >= 11 is 0. The van der Waals surface area contributed by atoms with Gasteiger partial charge in [0.2, 0.25) is 0 Å². The lowest BCUT2D eigenvalue weighted by Crippen LogP contribution is -2.23. The van der Waals surface area contributed by atoms with E-state index in [4.69, 9.17) is 5.26 Å². The number of urea groups is 1. The Bertz CT molecular complexity index is 384. The maximum Gasteiger partial charge on any atom is 0.331 e. The van der Waals surface area contributed by atoms with Crippen molar-refractivity contribution in [3.8, 4) is 6.19 Å². The van der Waals surface area contributed by atoms with Gasteiger partial charge in [-0.15, -0.1) is 0 Å². The molecule has 70 valence electrons. The molecule has 0 radical (unpaired) electrons. The van der Waals surface area contributed by atoms with Gasteiger partial charge in [-0.1, -0.05) is 6.07 Å². The Morgan fingerprint density at radius 1 is 1.71 bits per heavy atom. The van der Waals surface area contributed by atoms with Crippen molar-refractivity contribution in [3.63, 3.8) is 0 Å². The number of hydrogen-bond acceptors (Lipinski definition) is 3. The number of nitrogens with zero attached hydrogens (tertiary/aromatic N) is 3. The average molecular weight is 188 g/mol. The highest BCUT2D eigenvalue weighted by Gasteiger charge is 2.29. The van der Waals surface area contributed by atoms with Gasteiger partial charge in [-0.05, 0) is 11.6 Å². The second-order valence-corrected chi connectivity index (χ2v) is 3.00. The first kappa shape index (κ1) is 8.51. The number of rotatable bonds is 1. The molecule has 1 fully saturated rings. The highest BCUT2D eigenvalue weighted by Crippen LogP contribution is 2.18. The molecule has 1 unspecified atom stereocenters. The molecule has 1 atom stereocenters. The summed E-state index contributed by atoms with van der Waals surface area (Å²) in [4.78, 5) is 16.2. The molecule has 2 amide bonds. The second kappa shape index (κ2) is 3.34. The van der Waals surface area contributed by atoms with Crippen molar-refractivity contribution in [1.29, 1.82) is 5.26 Å². The molecule has 5 nitrogen and oxygen atoms in total. The van der Waals surface area contributed by atoms with Crippen molar-refractivity contribution < 1.29 is 4.79 Å². The van der Waals surface area contributed by atoms with Crippen LogP contribution in [0.15, 0.2) is 24.5 Å². The Kier molecular flexibility index (Phi) is 2.03. The topological polar surface area (TPSA) is 69.0 Å². The summed E-state index contributed by atoms with van der Waals surface area (Å²) in [7, 11) is 0. The largest absolute Gasteiger partial charge is 0.331 e. The van der Waals surface area contributed by atoms with Crippen LogP contribution in [0, 0.1) is 11.5 Å². The Labute approximate surface area is 81.0 Å². The van der Waals surface area contributed by atoms with E-state index in [9.17, 15) is 4.79 Å². The summed E-state index contributed by atoms with van der Waals surface area (Å²) in [5.41, 5.74) is 0.915. The fourth-order valence-electron chi connectivity index (χ4n) is 1.40. The number of pyridine rings is 1. The summed E-state index contributed by atoms with van der Waals surface area (Å²) in [6.45, 7) is 0.376. The molecular weight excluding hydrogens is 180 g/mol. The Hall–Kier alpha value is -2.09. The summed E-state index contributed by atoms with van der Waals surface area (Å²) in [6, 6.07) is 3.20. The number of carbonyl (C=O) groups excluding carboxylic acids is 1. The van der Waals surface area contributed by atoms with E-state index in [1.807, 2.05) is 12.3 Å². The summed E-state index contributed by atoms with van der Waals surface area (Å²) in [5, 5.41) is 11.3. The van der Waals surface area contributed by atoms with Gasteiger partial charge in [0.25, 0.3) is 0 Å². The number of carbonyl (C=O) groups is 1. The predicted molar refractivity (Wildman–Crippen MR) is 47.8 cm³/mol. The van der Waals surface area contributed by atoms with Gasteiger partial charge in [0.1, 0.15) is 0 Å². The summed E-state index contributed by atoms with van der Waals surface area (Å²) in [6.07, 6.45) is 5.17. The molecule has 5 heteroatoms. The minimum atomic E-state index is -0.346. The van der Waals surface area contributed by atoms with Gasteiger partial charge in [0, 0.05) is 12.4 Å². The van der Waals surface area contributed by atoms with E-state index in [0.29, 0.717) is 6.54 Å². The standard InChI is InChI=1S/C9H8N4O/c10-6-13-5-8(12-9(13)14)7-2-1-3-11-4-7/h1-4,8H,5H2,(H,12,14). The first-order valence-corrected chi connectivity index (χ1v) is 4.19. The van der Waals surface area contributed by atoms with Crippen LogP contribution < -0.4 is 5.32 Å². The number of aromatic nitrogens is 1. The van der Waals surface area contributed by atoms with Gasteiger partial charge in [0.05, 0.1) is 12.6 Å². The molecular formula is C9H8N4O. The van der Waals surface area contributed by atoms with E-state index < -0.39 is 0 Å². The molecule has 0 saturated carbocycles. The quantitative estimate of drug-likeness (QED) is 0.657. The van der Waals surface area contributed by atoms with Gasteiger partial charge in [0.15, 0.2) is 6.19 Å². The maximum absolute atomic E-state index is 11.2. The van der Waals surface area contributed by atoms with Crippen molar-refractivity contribution in [2.45, 2.75) is 6.04 Å². The molecule has 0 bridgehead atoms. The van der Waals surface area contributed by atoms with E-state index in [-0.39, 0.29) is 12.1 Å². The lowest BCUT2D eigenvalue weighted by Gasteiger charge is -2.06. The van der Waals surface area contributed by atoms with Crippen molar-refractivity contribution in [3.05, 3.63) is 30.1 Å². The summed E-state index contributed by atoms with van der Waals surface area (Å²) in [5.74, 6) is 0. The van der Waals surface area contributed by atoms with Gasteiger partial charge in [-0.2, -0.15) is 5.26 Å². The minimum absolute atomic E-state index is 0.129. The van der Waals surface area contributed by atoms with Crippen LogP contribution in [0.4, 0.5) is 4.79 Å². The van der Waals surface area contributed by atoms with Crippen LogP contribution in [0.3, 0.4) is 0 Å². The molecule has 1 aliphatic heterocycles. The van der Waals surface area contributed by atoms with Crippen LogP contribution in [-0.4, -0.2) is 22.5 Å². The first-order chi connectivity index (χ1) is 6.81. The van der Waals surface area contributed by atoms with Crippen LogP contribution >= 0.6 is 0 Å². The van der Waals surface area contributed by atoms with Crippen molar-refractivity contribution in [2.24, 2.45) is 0 Å². The third-order valence-corrected chi connectivity index (χ3v) is 2.12. The van der Waals surface area contributed by atoms with Crippen molar-refractivity contribution in [1.82, 2.24) is 15.2 Å². The molecule has 2 heterocycles. The maximum atomic E-state index is 11.2. The number of hydrogen-bond donors (Lipinski definition) is 1. The van der Waals surface area contributed by atoms with Crippen LogP contribution in [-0.2, 0) is 0 Å². The normalized spacial score (nSPS) is 20.4. The molecule has 2 rings (SSSR count). The van der Waals surface area contributed by atoms with Crippen molar-refractivity contribution >= 4 is 6.03 Å². The molecule has 0 spiro atoms. The lowest BCUT2D eigenvalue weighted by molar-refractivity contribution is 0.232. The predicted octanol–water partition coefficient (Wildman–Crippen LogP) is 0.629. The van der Waals surface area contributed by atoms with Gasteiger partial charge >= 0.3 is 6.03 Å². The van der Waals surface area contributed by atoms with Crippen LogP contribution in [0.1, 0.15) is 11.6 Å². The second-order valence-electron chi connectivity index (χ2n) is 3.00. The number of amides is 2. The number of nitrogens with one attached hydrogen (secondary N) is 1. The average Bonchev–Trinajstić information content (AvgIpc) is 2.61. The first-order valence-electron chi connectivity index (χ1n) is 4.19. The van der Waals surface area contributed by atoms with Gasteiger partial charge in [-0.25, -0.2) is 9.69 Å². The fraction of sp³-hybridized carbons (Fsp3) is 0.222. The molecule has 0 aromatic carbocycles. The third-order valence-electron chi connectivity index (χ3n) is 2.12. The molecule has 0 aliphatic carbocycles.